The van der Waals surface area contributed by atoms with Crippen LogP contribution in [0.1, 0.15) is 11.1 Å². The third kappa shape index (κ3) is 1.59. The molecular weight excluding hydrogens is 210 g/mol. The van der Waals surface area contributed by atoms with Crippen LogP contribution < -0.4 is 0 Å². The molecular formula is C8H6ClNO2S. The molecule has 13 heavy (non-hydrogen) atoms. The van der Waals surface area contributed by atoms with E-state index in [-0.39, 0.29) is 4.90 Å². The van der Waals surface area contributed by atoms with Gasteiger partial charge in [-0.15, -0.1) is 0 Å². The number of hydrogen-bond donors (Lipinski definition) is 0. The number of rotatable bonds is 1. The average Bonchev–Trinajstić information content (AvgIpc) is 2.47. The third-order valence-corrected chi connectivity index (χ3v) is 3.24. The quantitative estimate of drug-likeness (QED) is 0.668. The van der Waals surface area contributed by atoms with Gasteiger partial charge in [0.25, 0.3) is 9.05 Å². The molecule has 2 rings (SSSR count). The second kappa shape index (κ2) is 2.82. The number of nitrogens with zero attached hydrogens (tertiary/aromatic N) is 1. The molecule has 68 valence electrons. The van der Waals surface area contributed by atoms with Crippen molar-refractivity contribution in [3.8, 4) is 0 Å². The number of fused-ring (bicyclic) bond motifs is 1. The van der Waals surface area contributed by atoms with Crippen LogP contribution in [0.25, 0.3) is 0 Å². The fraction of sp³-hybridized carbons (Fsp3) is 0.125. The molecule has 0 spiro atoms. The Labute approximate surface area is 80.5 Å². The summed E-state index contributed by atoms with van der Waals surface area (Å²) in [7, 11) is 1.58. The predicted octanol–water partition coefficient (Wildman–Crippen LogP) is 1.55. The van der Waals surface area contributed by atoms with Crippen LogP contribution in [0.3, 0.4) is 0 Å². The van der Waals surface area contributed by atoms with Gasteiger partial charge in [-0.3, -0.25) is 4.99 Å². The fourth-order valence-electron chi connectivity index (χ4n) is 1.24. The maximum Gasteiger partial charge on any atom is 0.261 e. The summed E-state index contributed by atoms with van der Waals surface area (Å²) in [4.78, 5) is 4.15. The highest BCUT2D eigenvalue weighted by molar-refractivity contribution is 8.13. The molecule has 1 aromatic carbocycles. The van der Waals surface area contributed by atoms with E-state index in [4.69, 9.17) is 10.7 Å². The lowest BCUT2D eigenvalue weighted by Gasteiger charge is -1.99. The van der Waals surface area contributed by atoms with Gasteiger partial charge in [0, 0.05) is 16.9 Å². The Morgan fingerprint density at radius 2 is 2.15 bits per heavy atom. The van der Waals surface area contributed by atoms with Crippen LogP contribution in [-0.4, -0.2) is 14.6 Å². The lowest BCUT2D eigenvalue weighted by Crippen LogP contribution is -1.93. The minimum absolute atomic E-state index is 0.137. The molecule has 0 unspecified atom stereocenters. The minimum atomic E-state index is -3.61. The van der Waals surface area contributed by atoms with Crippen molar-refractivity contribution in [2.24, 2.45) is 4.99 Å². The Hall–Kier alpha value is -0.870. The first kappa shape index (κ1) is 8.72. The van der Waals surface area contributed by atoms with Crippen LogP contribution in [0.15, 0.2) is 28.1 Å². The minimum Gasteiger partial charge on any atom is -0.288 e. The van der Waals surface area contributed by atoms with Crippen LogP contribution in [0.2, 0.25) is 0 Å². The van der Waals surface area contributed by atoms with E-state index in [0.29, 0.717) is 6.54 Å². The Kier molecular flexibility index (Phi) is 1.89. The van der Waals surface area contributed by atoms with E-state index in [2.05, 4.69) is 4.99 Å². The smallest absolute Gasteiger partial charge is 0.261 e. The van der Waals surface area contributed by atoms with E-state index in [1.165, 1.54) is 6.07 Å². The lowest BCUT2D eigenvalue weighted by atomic mass is 10.1. The topological polar surface area (TPSA) is 46.5 Å². The van der Waals surface area contributed by atoms with Crippen molar-refractivity contribution in [2.45, 2.75) is 11.4 Å². The summed E-state index contributed by atoms with van der Waals surface area (Å²) >= 11 is 0. The zero-order valence-corrected chi connectivity index (χ0v) is 8.14. The van der Waals surface area contributed by atoms with Crippen molar-refractivity contribution in [1.82, 2.24) is 0 Å². The molecule has 0 saturated heterocycles. The molecule has 0 radical (unpaired) electrons. The van der Waals surface area contributed by atoms with Gasteiger partial charge >= 0.3 is 0 Å². The van der Waals surface area contributed by atoms with Gasteiger partial charge in [0.05, 0.1) is 11.4 Å². The van der Waals surface area contributed by atoms with Crippen molar-refractivity contribution in [2.75, 3.05) is 0 Å². The van der Waals surface area contributed by atoms with Gasteiger partial charge in [-0.2, -0.15) is 0 Å². The predicted molar refractivity (Wildman–Crippen MR) is 50.8 cm³/mol. The fourth-order valence-corrected chi connectivity index (χ4v) is 2.04. The molecule has 0 fully saturated rings. The van der Waals surface area contributed by atoms with E-state index >= 15 is 0 Å². The molecule has 5 heteroatoms. The molecule has 0 amide bonds. The molecule has 1 aliphatic rings. The van der Waals surface area contributed by atoms with Gasteiger partial charge in [-0.25, -0.2) is 8.42 Å². The standard InChI is InChI=1S/C8H6ClNO2S/c9-13(11,12)8-2-1-6-4-10-5-7(6)3-8/h1-4H,5H2. The first-order chi connectivity index (χ1) is 6.07. The Morgan fingerprint density at radius 1 is 1.38 bits per heavy atom. The molecule has 0 atom stereocenters. The molecule has 0 bridgehead atoms. The van der Waals surface area contributed by atoms with Gasteiger partial charge in [0.2, 0.25) is 0 Å². The monoisotopic (exact) mass is 215 g/mol. The first-order valence-corrected chi connectivity index (χ1v) is 5.96. The number of hydrogen-bond acceptors (Lipinski definition) is 3. The normalized spacial score (nSPS) is 14.5. The SMILES string of the molecule is O=S(=O)(Cl)c1ccc2c(c1)CN=C2. The average molecular weight is 216 g/mol. The second-order valence-corrected chi connectivity index (χ2v) is 5.33. The molecule has 1 aliphatic heterocycles. The van der Waals surface area contributed by atoms with Crippen molar-refractivity contribution in [1.29, 1.82) is 0 Å². The molecule has 0 saturated carbocycles. The highest BCUT2D eigenvalue weighted by Crippen LogP contribution is 2.21. The second-order valence-electron chi connectivity index (χ2n) is 2.77. The molecule has 0 aromatic heterocycles. The highest BCUT2D eigenvalue weighted by Gasteiger charge is 2.13. The Bertz CT molecular complexity index is 479. The maximum atomic E-state index is 11.0. The number of benzene rings is 1. The largest absolute Gasteiger partial charge is 0.288 e. The summed E-state index contributed by atoms with van der Waals surface area (Å²) in [5.41, 5.74) is 1.87. The van der Waals surface area contributed by atoms with Gasteiger partial charge in [0.15, 0.2) is 0 Å². The van der Waals surface area contributed by atoms with E-state index in [1.54, 1.807) is 18.3 Å². The lowest BCUT2D eigenvalue weighted by molar-refractivity contribution is 0.609. The summed E-state index contributed by atoms with van der Waals surface area (Å²) in [5, 5.41) is 0. The molecule has 0 N–H and O–H groups in total. The van der Waals surface area contributed by atoms with Crippen LogP contribution in [-0.2, 0) is 15.6 Å². The van der Waals surface area contributed by atoms with Crippen molar-refractivity contribution < 1.29 is 8.42 Å². The first-order valence-electron chi connectivity index (χ1n) is 3.65. The van der Waals surface area contributed by atoms with Crippen LogP contribution >= 0.6 is 10.7 Å². The van der Waals surface area contributed by atoms with Gasteiger partial charge in [-0.1, -0.05) is 6.07 Å². The van der Waals surface area contributed by atoms with Gasteiger partial charge < -0.3 is 0 Å². The zero-order chi connectivity index (χ0) is 9.47. The van der Waals surface area contributed by atoms with Gasteiger partial charge in [0.1, 0.15) is 0 Å². The van der Waals surface area contributed by atoms with E-state index in [9.17, 15) is 8.42 Å². The van der Waals surface area contributed by atoms with E-state index in [1.807, 2.05) is 0 Å². The summed E-state index contributed by atoms with van der Waals surface area (Å²) in [6, 6.07) is 4.75. The summed E-state index contributed by atoms with van der Waals surface area (Å²) in [6.45, 7) is 0.537. The van der Waals surface area contributed by atoms with Crippen LogP contribution in [0, 0.1) is 0 Å². The van der Waals surface area contributed by atoms with Crippen LogP contribution in [0.4, 0.5) is 0 Å². The number of halogens is 1. The molecule has 0 aliphatic carbocycles. The van der Waals surface area contributed by atoms with Crippen molar-refractivity contribution in [3.63, 3.8) is 0 Å². The maximum absolute atomic E-state index is 11.0. The zero-order valence-electron chi connectivity index (χ0n) is 6.57. The summed E-state index contributed by atoms with van der Waals surface area (Å²) < 4.78 is 21.9. The third-order valence-electron chi connectivity index (χ3n) is 1.89. The van der Waals surface area contributed by atoms with Gasteiger partial charge in [-0.05, 0) is 23.3 Å². The van der Waals surface area contributed by atoms with Crippen molar-refractivity contribution in [3.05, 3.63) is 29.3 Å². The van der Waals surface area contributed by atoms with Crippen molar-refractivity contribution >= 4 is 25.9 Å². The van der Waals surface area contributed by atoms with E-state index < -0.39 is 9.05 Å². The molecule has 3 nitrogen and oxygen atoms in total. The summed E-state index contributed by atoms with van der Waals surface area (Å²) in [5.74, 6) is 0. The van der Waals surface area contributed by atoms with Crippen LogP contribution in [0.5, 0.6) is 0 Å². The number of aliphatic imine (C=N–C) groups is 1. The highest BCUT2D eigenvalue weighted by atomic mass is 35.7. The Balaban J connectivity index is 2.57. The Morgan fingerprint density at radius 3 is 2.85 bits per heavy atom. The molecule has 1 heterocycles. The molecule has 1 aromatic rings. The van der Waals surface area contributed by atoms with E-state index in [0.717, 1.165) is 11.1 Å². The summed E-state index contributed by atoms with van der Waals surface area (Å²) in [6.07, 6.45) is 1.72.